The monoisotopic (exact) mass is 445 g/mol. The van der Waals surface area contributed by atoms with Crippen LogP contribution in [0.4, 0.5) is 0 Å². The van der Waals surface area contributed by atoms with E-state index in [4.69, 9.17) is 10.7 Å². The number of nitrogens with two attached hydrogens (primary N) is 1. The molecule has 1 saturated heterocycles. The fourth-order valence-electron chi connectivity index (χ4n) is 4.12. The highest BCUT2D eigenvalue weighted by molar-refractivity contribution is 7.18. The van der Waals surface area contributed by atoms with Crippen molar-refractivity contribution in [3.63, 3.8) is 0 Å². The van der Waals surface area contributed by atoms with Gasteiger partial charge in [-0.25, -0.2) is 4.98 Å². The predicted molar refractivity (Wildman–Crippen MR) is 124 cm³/mol. The van der Waals surface area contributed by atoms with E-state index in [2.05, 4.69) is 37.8 Å². The largest absolute Gasteiger partial charge is 0.342 e. The molecule has 7 heteroatoms. The van der Waals surface area contributed by atoms with Gasteiger partial charge in [0.15, 0.2) is 0 Å². The number of benzene rings is 1. The molecule has 1 amide bonds. The molecule has 0 bridgehead atoms. The van der Waals surface area contributed by atoms with Crippen LogP contribution in [0.3, 0.4) is 0 Å². The van der Waals surface area contributed by atoms with Crippen molar-refractivity contribution in [3.05, 3.63) is 29.3 Å². The molecule has 2 heterocycles. The number of hydrogen-bond donors (Lipinski definition) is 1. The second kappa shape index (κ2) is 10.8. The summed E-state index contributed by atoms with van der Waals surface area (Å²) in [6.07, 6.45) is 4.61. The predicted octanol–water partition coefficient (Wildman–Crippen LogP) is 5.07. The Bertz CT molecular complexity index is 728. The van der Waals surface area contributed by atoms with Crippen LogP contribution >= 0.6 is 36.2 Å². The number of fused-ring (bicyclic) bond motifs is 1. The summed E-state index contributed by atoms with van der Waals surface area (Å²) in [5.74, 6) is 0.716. The number of thiazole rings is 1. The van der Waals surface area contributed by atoms with Crippen LogP contribution in [-0.2, 0) is 11.2 Å². The molecule has 4 nitrogen and oxygen atoms in total. The van der Waals surface area contributed by atoms with Crippen LogP contribution < -0.4 is 5.73 Å². The van der Waals surface area contributed by atoms with Gasteiger partial charge in [-0.15, -0.1) is 36.2 Å². The summed E-state index contributed by atoms with van der Waals surface area (Å²) in [6.45, 7) is 8.01. The van der Waals surface area contributed by atoms with Gasteiger partial charge < -0.3 is 10.6 Å². The molecule has 2 unspecified atom stereocenters. The van der Waals surface area contributed by atoms with E-state index in [0.717, 1.165) is 55.7 Å². The smallest absolute Gasteiger partial charge is 0.229 e. The van der Waals surface area contributed by atoms with Gasteiger partial charge in [0.05, 0.1) is 20.6 Å². The lowest BCUT2D eigenvalue weighted by Gasteiger charge is -2.40. The van der Waals surface area contributed by atoms with Crippen molar-refractivity contribution < 1.29 is 4.79 Å². The highest BCUT2D eigenvalue weighted by Gasteiger charge is 2.40. The molecule has 0 aliphatic carbocycles. The first-order valence-corrected chi connectivity index (χ1v) is 10.7. The maximum Gasteiger partial charge on any atom is 0.229 e. The first kappa shape index (κ1) is 25.2. The highest BCUT2D eigenvalue weighted by atomic mass is 35.5. The minimum Gasteiger partial charge on any atom is -0.342 e. The van der Waals surface area contributed by atoms with Crippen LogP contribution in [0.1, 0.15) is 51.5 Å². The van der Waals surface area contributed by atoms with E-state index in [1.807, 2.05) is 12.1 Å². The van der Waals surface area contributed by atoms with Crippen LogP contribution in [0.2, 0.25) is 0 Å². The molecule has 0 spiro atoms. The zero-order valence-electron chi connectivity index (χ0n) is 17.0. The summed E-state index contributed by atoms with van der Waals surface area (Å²) < 4.78 is 1.20. The van der Waals surface area contributed by atoms with E-state index >= 15 is 0 Å². The molecule has 158 valence electrons. The number of amides is 1. The number of hydrogen-bond acceptors (Lipinski definition) is 4. The number of aromatic nitrogens is 1. The van der Waals surface area contributed by atoms with E-state index in [1.54, 1.807) is 11.3 Å². The molecular weight excluding hydrogens is 413 g/mol. The number of nitrogens with zero attached hydrogens (tertiary/aromatic N) is 2. The van der Waals surface area contributed by atoms with Gasteiger partial charge in [0, 0.05) is 25.6 Å². The number of para-hydroxylation sites is 1. The second-order valence-corrected chi connectivity index (χ2v) is 8.87. The molecular formula is C21H33Cl2N3OS. The first-order chi connectivity index (χ1) is 12.5. The van der Waals surface area contributed by atoms with Crippen molar-refractivity contribution in [2.45, 2.75) is 58.9 Å². The molecule has 2 N–H and O–H groups in total. The summed E-state index contributed by atoms with van der Waals surface area (Å²) in [5.41, 5.74) is 6.81. The lowest BCUT2D eigenvalue weighted by atomic mass is 9.77. The third kappa shape index (κ3) is 5.18. The Labute approximate surface area is 185 Å². The van der Waals surface area contributed by atoms with E-state index in [1.165, 1.54) is 4.70 Å². The van der Waals surface area contributed by atoms with E-state index in [9.17, 15) is 4.79 Å². The Kier molecular flexibility index (Phi) is 9.68. The van der Waals surface area contributed by atoms with Gasteiger partial charge in [0.1, 0.15) is 0 Å². The highest BCUT2D eigenvalue weighted by Crippen LogP contribution is 2.37. The van der Waals surface area contributed by atoms with Gasteiger partial charge >= 0.3 is 0 Å². The number of likely N-dealkylation sites (tertiary alicyclic amines) is 1. The maximum absolute atomic E-state index is 13.5. The van der Waals surface area contributed by atoms with Crippen molar-refractivity contribution in [2.24, 2.45) is 17.1 Å². The summed E-state index contributed by atoms with van der Waals surface area (Å²) in [6, 6.07) is 8.37. The Balaban J connectivity index is 0.00000196. The Hall–Kier alpha value is -0.880. The van der Waals surface area contributed by atoms with Crippen molar-refractivity contribution in [2.75, 3.05) is 13.1 Å². The zero-order chi connectivity index (χ0) is 18.7. The number of piperidine rings is 1. The minimum atomic E-state index is -0.354. The van der Waals surface area contributed by atoms with Gasteiger partial charge in [-0.05, 0) is 50.7 Å². The van der Waals surface area contributed by atoms with Crippen molar-refractivity contribution in [1.82, 2.24) is 9.88 Å². The standard InChI is InChI=1S/C21H31N3OS.2ClH/c1-4-21(5-2,13-19-23-17-10-6-7-11-18(17)26-19)20(25)24-12-8-9-16(14-24)15(3)22;;/h6-7,10-11,15-16H,4-5,8-9,12-14,22H2,1-3H3;2*1H. The molecule has 1 aromatic heterocycles. The summed E-state index contributed by atoms with van der Waals surface area (Å²) in [5, 5.41) is 1.07. The maximum atomic E-state index is 13.5. The Morgan fingerprint density at radius 1 is 1.32 bits per heavy atom. The average molecular weight is 446 g/mol. The molecule has 1 fully saturated rings. The zero-order valence-corrected chi connectivity index (χ0v) is 19.5. The Morgan fingerprint density at radius 2 is 2.00 bits per heavy atom. The van der Waals surface area contributed by atoms with Crippen LogP contribution in [0.5, 0.6) is 0 Å². The third-order valence-electron chi connectivity index (χ3n) is 6.12. The normalized spacial score (nSPS) is 18.3. The average Bonchev–Trinajstić information content (AvgIpc) is 3.08. The second-order valence-electron chi connectivity index (χ2n) is 7.75. The molecule has 2 atom stereocenters. The molecule has 1 aromatic carbocycles. The van der Waals surface area contributed by atoms with E-state index in [0.29, 0.717) is 11.8 Å². The molecule has 1 aliphatic rings. The van der Waals surface area contributed by atoms with Crippen LogP contribution in [-0.4, -0.2) is 34.9 Å². The number of carbonyl (C=O) groups is 1. The quantitative estimate of drug-likeness (QED) is 0.674. The molecule has 1 aliphatic heterocycles. The van der Waals surface area contributed by atoms with E-state index in [-0.39, 0.29) is 36.3 Å². The number of rotatable bonds is 6. The molecule has 3 rings (SSSR count). The number of halogens is 2. The minimum absolute atomic E-state index is 0. The first-order valence-electron chi connectivity index (χ1n) is 9.88. The molecule has 0 saturated carbocycles. The van der Waals surface area contributed by atoms with Gasteiger partial charge in [-0.2, -0.15) is 0 Å². The van der Waals surface area contributed by atoms with Crippen molar-refractivity contribution in [1.29, 1.82) is 0 Å². The van der Waals surface area contributed by atoms with Gasteiger partial charge in [0.2, 0.25) is 5.91 Å². The van der Waals surface area contributed by atoms with Gasteiger partial charge in [0.25, 0.3) is 0 Å². The van der Waals surface area contributed by atoms with Crippen LogP contribution in [0.25, 0.3) is 10.2 Å². The summed E-state index contributed by atoms with van der Waals surface area (Å²) >= 11 is 1.72. The summed E-state index contributed by atoms with van der Waals surface area (Å²) in [4.78, 5) is 20.4. The van der Waals surface area contributed by atoms with Crippen molar-refractivity contribution in [3.8, 4) is 0 Å². The Morgan fingerprint density at radius 3 is 2.61 bits per heavy atom. The van der Waals surface area contributed by atoms with Crippen LogP contribution in [0, 0.1) is 11.3 Å². The third-order valence-corrected chi connectivity index (χ3v) is 7.16. The summed E-state index contributed by atoms with van der Waals surface area (Å²) in [7, 11) is 0. The lowest BCUT2D eigenvalue weighted by molar-refractivity contribution is -0.144. The molecule has 28 heavy (non-hydrogen) atoms. The van der Waals surface area contributed by atoms with E-state index < -0.39 is 0 Å². The lowest BCUT2D eigenvalue weighted by Crippen LogP contribution is -2.51. The molecule has 0 radical (unpaired) electrons. The van der Waals surface area contributed by atoms with Crippen LogP contribution in [0.15, 0.2) is 24.3 Å². The molecule has 2 aromatic rings. The fraction of sp³-hybridized carbons (Fsp3) is 0.619. The van der Waals surface area contributed by atoms with Crippen molar-refractivity contribution >= 4 is 52.3 Å². The topological polar surface area (TPSA) is 59.2 Å². The number of carbonyl (C=O) groups excluding carboxylic acids is 1. The van der Waals surface area contributed by atoms with Gasteiger partial charge in [-0.1, -0.05) is 26.0 Å². The SMILES string of the molecule is CCC(CC)(Cc1nc2ccccc2s1)C(=O)N1CCCC(C(C)N)C1.Cl.Cl. The fourth-order valence-corrected chi connectivity index (χ4v) is 5.23. The van der Waals surface area contributed by atoms with Gasteiger partial charge in [-0.3, -0.25) is 4.79 Å².